The highest BCUT2D eigenvalue weighted by Crippen LogP contribution is 2.30. The third-order valence-corrected chi connectivity index (χ3v) is 2.07. The van der Waals surface area contributed by atoms with Crippen molar-refractivity contribution in [2.75, 3.05) is 7.11 Å². The topological polar surface area (TPSA) is 58.9 Å². The molecule has 1 aliphatic rings. The van der Waals surface area contributed by atoms with Crippen molar-refractivity contribution in [2.24, 2.45) is 0 Å². The lowest BCUT2D eigenvalue weighted by atomic mass is 9.98. The van der Waals surface area contributed by atoms with E-state index >= 15 is 0 Å². The van der Waals surface area contributed by atoms with Crippen LogP contribution in [0.5, 0.6) is 0 Å². The third-order valence-electron chi connectivity index (χ3n) is 2.07. The average molecular weight is 162 g/mol. The molecule has 0 aromatic rings. The number of methoxy groups -OCH3 is 1. The van der Waals surface area contributed by atoms with Crippen LogP contribution in [-0.2, 0) is 9.47 Å². The highest BCUT2D eigenvalue weighted by atomic mass is 16.7. The van der Waals surface area contributed by atoms with Crippen LogP contribution in [0, 0.1) is 0 Å². The molecule has 0 aromatic heterocycles. The maximum absolute atomic E-state index is 9.59. The first-order chi connectivity index (χ1) is 5.00. The van der Waals surface area contributed by atoms with Crippen LogP contribution in [0.15, 0.2) is 0 Å². The Morgan fingerprint density at radius 2 is 2.09 bits per heavy atom. The largest absolute Gasteiger partial charge is 0.387 e. The Kier molecular flexibility index (Phi) is 2.20. The predicted molar refractivity (Wildman–Crippen MR) is 38.0 cm³/mol. The first kappa shape index (κ1) is 8.93. The minimum Gasteiger partial charge on any atom is -0.387 e. The minimum absolute atomic E-state index is 0.380. The van der Waals surface area contributed by atoms with Crippen molar-refractivity contribution in [1.29, 1.82) is 0 Å². The highest BCUT2D eigenvalue weighted by Gasteiger charge is 2.50. The zero-order valence-electron chi connectivity index (χ0n) is 6.94. The monoisotopic (exact) mass is 162 g/mol. The van der Waals surface area contributed by atoms with E-state index < -0.39 is 18.0 Å². The minimum atomic E-state index is -1.30. The molecule has 4 nitrogen and oxygen atoms in total. The summed E-state index contributed by atoms with van der Waals surface area (Å²) in [5.74, 6) is 0. The number of aliphatic hydroxyl groups excluding tert-OH is 1. The molecule has 2 N–H and O–H groups in total. The van der Waals surface area contributed by atoms with Crippen LogP contribution in [0.1, 0.15) is 13.8 Å². The van der Waals surface area contributed by atoms with Crippen molar-refractivity contribution in [3.63, 3.8) is 0 Å². The quantitative estimate of drug-likeness (QED) is 0.545. The summed E-state index contributed by atoms with van der Waals surface area (Å²) in [6.45, 7) is 3.19. The van der Waals surface area contributed by atoms with E-state index in [1.54, 1.807) is 6.92 Å². The summed E-state index contributed by atoms with van der Waals surface area (Å²) in [6, 6.07) is 0. The summed E-state index contributed by atoms with van der Waals surface area (Å²) < 4.78 is 9.95. The molecule has 1 unspecified atom stereocenters. The number of rotatable bonds is 1. The lowest BCUT2D eigenvalue weighted by Crippen LogP contribution is -2.45. The van der Waals surface area contributed by atoms with E-state index in [0.29, 0.717) is 0 Å². The van der Waals surface area contributed by atoms with E-state index in [9.17, 15) is 10.2 Å². The number of hydrogen-bond donors (Lipinski definition) is 2. The van der Waals surface area contributed by atoms with Crippen LogP contribution >= 0.6 is 0 Å². The van der Waals surface area contributed by atoms with Crippen LogP contribution in [0.2, 0.25) is 0 Å². The second kappa shape index (κ2) is 2.71. The van der Waals surface area contributed by atoms with Gasteiger partial charge in [0.2, 0.25) is 0 Å². The van der Waals surface area contributed by atoms with Gasteiger partial charge in [0.15, 0.2) is 6.29 Å². The van der Waals surface area contributed by atoms with E-state index in [1.807, 2.05) is 0 Å². The summed E-state index contributed by atoms with van der Waals surface area (Å²) in [4.78, 5) is 0. The van der Waals surface area contributed by atoms with E-state index in [-0.39, 0.29) is 6.10 Å². The molecule has 0 amide bonds. The Balaban J connectivity index is 2.74. The molecule has 11 heavy (non-hydrogen) atoms. The average Bonchev–Trinajstić information content (AvgIpc) is 2.13. The van der Waals surface area contributed by atoms with Gasteiger partial charge in [0.25, 0.3) is 0 Å². The highest BCUT2D eigenvalue weighted by molar-refractivity contribution is 4.95. The van der Waals surface area contributed by atoms with Gasteiger partial charge in [-0.15, -0.1) is 0 Å². The van der Waals surface area contributed by atoms with Crippen molar-refractivity contribution in [1.82, 2.24) is 0 Å². The van der Waals surface area contributed by atoms with Crippen LogP contribution in [-0.4, -0.2) is 41.4 Å². The molecule has 1 saturated heterocycles. The molecule has 0 aromatic carbocycles. The Labute approximate surface area is 65.7 Å². The lowest BCUT2D eigenvalue weighted by molar-refractivity contribution is -0.184. The molecule has 0 spiro atoms. The van der Waals surface area contributed by atoms with Crippen molar-refractivity contribution in [2.45, 2.75) is 37.9 Å². The first-order valence-corrected chi connectivity index (χ1v) is 3.59. The first-order valence-electron chi connectivity index (χ1n) is 3.59. The maximum Gasteiger partial charge on any atom is 0.188 e. The molecule has 1 heterocycles. The number of ether oxygens (including phenoxy) is 2. The lowest BCUT2D eigenvalue weighted by Gasteiger charge is -2.24. The van der Waals surface area contributed by atoms with E-state index in [1.165, 1.54) is 14.0 Å². The fourth-order valence-corrected chi connectivity index (χ4v) is 1.32. The van der Waals surface area contributed by atoms with Gasteiger partial charge in [0, 0.05) is 7.11 Å². The van der Waals surface area contributed by atoms with Crippen LogP contribution in [0.4, 0.5) is 0 Å². The molecule has 1 fully saturated rings. The number of aliphatic hydroxyl groups is 2. The summed E-state index contributed by atoms with van der Waals surface area (Å²) in [5.41, 5.74) is -1.30. The Bertz CT molecular complexity index is 145. The molecule has 66 valence electrons. The van der Waals surface area contributed by atoms with Gasteiger partial charge in [0.05, 0.1) is 6.10 Å². The van der Waals surface area contributed by atoms with Crippen molar-refractivity contribution in [3.05, 3.63) is 0 Å². The van der Waals surface area contributed by atoms with Crippen LogP contribution < -0.4 is 0 Å². The molecule has 1 aliphatic heterocycles. The van der Waals surface area contributed by atoms with E-state index in [4.69, 9.17) is 9.47 Å². The maximum atomic E-state index is 9.59. The fourth-order valence-electron chi connectivity index (χ4n) is 1.32. The SMILES string of the molecule is COC1O[C@@H](C)[C@@H](O)[C@@]1(C)O. The zero-order chi connectivity index (χ0) is 8.65. The van der Waals surface area contributed by atoms with Gasteiger partial charge in [-0.1, -0.05) is 0 Å². The van der Waals surface area contributed by atoms with E-state index in [0.717, 1.165) is 0 Å². The van der Waals surface area contributed by atoms with Gasteiger partial charge < -0.3 is 19.7 Å². The second-order valence-electron chi connectivity index (χ2n) is 3.08. The smallest absolute Gasteiger partial charge is 0.188 e. The van der Waals surface area contributed by atoms with Gasteiger partial charge in [-0.25, -0.2) is 0 Å². The van der Waals surface area contributed by atoms with Crippen molar-refractivity contribution >= 4 is 0 Å². The molecule has 4 atom stereocenters. The van der Waals surface area contributed by atoms with Gasteiger partial charge in [-0.2, -0.15) is 0 Å². The number of hydrogen-bond acceptors (Lipinski definition) is 4. The molecular formula is C7H14O4. The van der Waals surface area contributed by atoms with Gasteiger partial charge in [-0.3, -0.25) is 0 Å². The van der Waals surface area contributed by atoms with Crippen molar-refractivity contribution < 1.29 is 19.7 Å². The third kappa shape index (κ3) is 1.27. The van der Waals surface area contributed by atoms with Gasteiger partial charge in [0.1, 0.15) is 11.7 Å². The van der Waals surface area contributed by atoms with Crippen molar-refractivity contribution in [3.8, 4) is 0 Å². The summed E-state index contributed by atoms with van der Waals surface area (Å²) in [5, 5.41) is 19.0. The fraction of sp³-hybridized carbons (Fsp3) is 1.00. The molecular weight excluding hydrogens is 148 g/mol. The molecule has 4 heteroatoms. The molecule has 0 bridgehead atoms. The summed E-state index contributed by atoms with van der Waals surface area (Å²) in [7, 11) is 1.43. The molecule has 0 radical (unpaired) electrons. The Morgan fingerprint density at radius 3 is 2.27 bits per heavy atom. The second-order valence-corrected chi connectivity index (χ2v) is 3.08. The predicted octanol–water partition coefficient (Wildman–Crippen LogP) is -0.510. The van der Waals surface area contributed by atoms with Gasteiger partial charge >= 0.3 is 0 Å². The molecule has 0 aliphatic carbocycles. The van der Waals surface area contributed by atoms with E-state index in [2.05, 4.69) is 0 Å². The Hall–Kier alpha value is -0.160. The van der Waals surface area contributed by atoms with Crippen LogP contribution in [0.25, 0.3) is 0 Å². The normalized spacial score (nSPS) is 51.5. The zero-order valence-corrected chi connectivity index (χ0v) is 6.94. The molecule has 0 saturated carbocycles. The Morgan fingerprint density at radius 1 is 1.55 bits per heavy atom. The van der Waals surface area contributed by atoms with Gasteiger partial charge in [-0.05, 0) is 13.8 Å². The van der Waals surface area contributed by atoms with Crippen LogP contribution in [0.3, 0.4) is 0 Å². The molecule has 1 rings (SSSR count). The standard InChI is InChI=1S/C7H14O4/c1-4-5(8)7(2,9)6(10-3)11-4/h4-6,8-9H,1-3H3/t4-,5+,6?,7+/m0/s1. The summed E-state index contributed by atoms with van der Waals surface area (Å²) in [6.07, 6.45) is -1.99. The summed E-state index contributed by atoms with van der Waals surface area (Å²) >= 11 is 0.